The molecule has 0 heterocycles. The maximum atomic E-state index is 12.3. The minimum atomic E-state index is -0.367. The van der Waals surface area contributed by atoms with Gasteiger partial charge in [0.1, 0.15) is 0 Å². The summed E-state index contributed by atoms with van der Waals surface area (Å²) in [7, 11) is 0. The molecule has 0 saturated carbocycles. The second kappa shape index (κ2) is 10.9. The zero-order valence-electron chi connectivity index (χ0n) is 17.8. The number of hydrogen-bond acceptors (Lipinski definition) is 4. The molecule has 0 aromatic heterocycles. The Morgan fingerprint density at radius 3 is 2.29 bits per heavy atom. The van der Waals surface area contributed by atoms with Gasteiger partial charge in [-0.05, 0) is 53.8 Å². The third-order valence-corrected chi connectivity index (χ3v) is 4.74. The lowest BCUT2D eigenvalue weighted by atomic mass is 9.91. The Labute approximate surface area is 183 Å². The molecule has 4 nitrogen and oxygen atoms in total. The monoisotopic (exact) mass is 414 g/mol. The third-order valence-electron chi connectivity index (χ3n) is 4.74. The number of benzene rings is 3. The molecule has 3 rings (SSSR count). The fraction of sp³-hybridized carbons (Fsp3) is 0.185. The molecule has 0 radical (unpaired) electrons. The summed E-state index contributed by atoms with van der Waals surface area (Å²) in [5, 5.41) is 0. The lowest BCUT2D eigenvalue weighted by Gasteiger charge is -2.14. The van der Waals surface area contributed by atoms with Gasteiger partial charge in [0.15, 0.2) is 0 Å². The molecule has 0 atom stereocenters. The maximum absolute atomic E-state index is 12.3. The van der Waals surface area contributed by atoms with E-state index in [1.54, 1.807) is 19.9 Å². The SMILES string of the molecule is CCOC(=O)Cc1cccc(/C=C/c2ccccc2)c1-c1cccc(C(=O)OCC)c1. The number of esters is 2. The van der Waals surface area contributed by atoms with Crippen molar-refractivity contribution in [1.82, 2.24) is 0 Å². The Kier molecular flexibility index (Phi) is 7.77. The smallest absolute Gasteiger partial charge is 0.338 e. The van der Waals surface area contributed by atoms with E-state index in [1.165, 1.54) is 0 Å². The summed E-state index contributed by atoms with van der Waals surface area (Å²) in [5.41, 5.74) is 5.08. The average Bonchev–Trinajstić information content (AvgIpc) is 2.79. The summed E-state index contributed by atoms with van der Waals surface area (Å²) in [5.74, 6) is -0.650. The van der Waals surface area contributed by atoms with Crippen molar-refractivity contribution in [2.24, 2.45) is 0 Å². The zero-order chi connectivity index (χ0) is 22.1. The van der Waals surface area contributed by atoms with Crippen LogP contribution in [0.1, 0.15) is 40.9 Å². The Morgan fingerprint density at radius 1 is 0.806 bits per heavy atom. The van der Waals surface area contributed by atoms with Crippen molar-refractivity contribution in [1.29, 1.82) is 0 Å². The highest BCUT2D eigenvalue weighted by Crippen LogP contribution is 2.31. The molecule has 0 aliphatic rings. The Bertz CT molecular complexity index is 1070. The van der Waals surface area contributed by atoms with Crippen LogP contribution in [0, 0.1) is 0 Å². The fourth-order valence-electron chi connectivity index (χ4n) is 3.39. The number of ether oxygens (including phenoxy) is 2. The molecule has 0 amide bonds. The van der Waals surface area contributed by atoms with Crippen molar-refractivity contribution >= 4 is 24.1 Å². The van der Waals surface area contributed by atoms with Gasteiger partial charge in [0, 0.05) is 0 Å². The second-order valence-electron chi connectivity index (χ2n) is 6.91. The first-order chi connectivity index (χ1) is 15.1. The zero-order valence-corrected chi connectivity index (χ0v) is 17.8. The van der Waals surface area contributed by atoms with Crippen molar-refractivity contribution in [3.63, 3.8) is 0 Å². The van der Waals surface area contributed by atoms with Crippen molar-refractivity contribution < 1.29 is 19.1 Å². The van der Waals surface area contributed by atoms with Crippen LogP contribution in [-0.2, 0) is 20.7 Å². The number of carbonyl (C=O) groups is 2. The summed E-state index contributed by atoms with van der Waals surface area (Å²) in [6.07, 6.45) is 4.21. The molecule has 0 bridgehead atoms. The number of hydrogen-bond donors (Lipinski definition) is 0. The normalized spacial score (nSPS) is 10.8. The first kappa shape index (κ1) is 22.0. The summed E-state index contributed by atoms with van der Waals surface area (Å²) in [6, 6.07) is 23.2. The molecule has 0 fully saturated rings. The summed E-state index contributed by atoms with van der Waals surface area (Å²) in [6.45, 7) is 4.22. The second-order valence-corrected chi connectivity index (χ2v) is 6.91. The Hall–Kier alpha value is -3.66. The van der Waals surface area contributed by atoms with E-state index in [-0.39, 0.29) is 18.4 Å². The Balaban J connectivity index is 2.08. The van der Waals surface area contributed by atoms with Crippen LogP contribution >= 0.6 is 0 Å². The van der Waals surface area contributed by atoms with Gasteiger partial charge < -0.3 is 9.47 Å². The standard InChI is InChI=1S/C27H26O4/c1-3-30-25(28)19-23-14-8-12-21(17-16-20-10-6-5-7-11-20)26(23)22-13-9-15-24(18-22)27(29)31-4-2/h5-18H,3-4,19H2,1-2H3/b17-16+. The van der Waals surface area contributed by atoms with Gasteiger partial charge in [-0.25, -0.2) is 4.79 Å². The lowest BCUT2D eigenvalue weighted by molar-refractivity contribution is -0.142. The predicted molar refractivity (Wildman–Crippen MR) is 124 cm³/mol. The van der Waals surface area contributed by atoms with Crippen LogP contribution in [0.15, 0.2) is 72.8 Å². The highest BCUT2D eigenvalue weighted by atomic mass is 16.5. The molecular formula is C27H26O4. The van der Waals surface area contributed by atoms with Gasteiger partial charge in [-0.2, -0.15) is 0 Å². The van der Waals surface area contributed by atoms with Crippen molar-refractivity contribution in [2.75, 3.05) is 13.2 Å². The quantitative estimate of drug-likeness (QED) is 0.345. The summed E-state index contributed by atoms with van der Waals surface area (Å²) < 4.78 is 10.3. The van der Waals surface area contributed by atoms with E-state index < -0.39 is 0 Å². The van der Waals surface area contributed by atoms with E-state index in [1.807, 2.05) is 78.9 Å². The molecule has 0 aliphatic heterocycles. The van der Waals surface area contributed by atoms with Crippen molar-refractivity contribution in [3.05, 3.63) is 95.1 Å². The third kappa shape index (κ3) is 5.92. The van der Waals surface area contributed by atoms with Gasteiger partial charge in [0.25, 0.3) is 0 Å². The number of carbonyl (C=O) groups excluding carboxylic acids is 2. The van der Waals surface area contributed by atoms with Gasteiger partial charge in [0.05, 0.1) is 25.2 Å². The highest BCUT2D eigenvalue weighted by molar-refractivity contribution is 5.93. The van der Waals surface area contributed by atoms with Gasteiger partial charge >= 0.3 is 11.9 Å². The molecule has 4 heteroatoms. The molecule has 31 heavy (non-hydrogen) atoms. The average molecular weight is 415 g/mol. The van der Waals surface area contributed by atoms with E-state index in [4.69, 9.17) is 9.47 Å². The van der Waals surface area contributed by atoms with Crippen LogP contribution in [0.4, 0.5) is 0 Å². The van der Waals surface area contributed by atoms with Gasteiger partial charge in [-0.3, -0.25) is 4.79 Å². The van der Waals surface area contributed by atoms with E-state index in [2.05, 4.69) is 0 Å². The van der Waals surface area contributed by atoms with Crippen molar-refractivity contribution in [3.8, 4) is 11.1 Å². The van der Waals surface area contributed by atoms with E-state index in [0.717, 1.165) is 27.8 Å². The highest BCUT2D eigenvalue weighted by Gasteiger charge is 2.15. The summed E-state index contributed by atoms with van der Waals surface area (Å²) >= 11 is 0. The van der Waals surface area contributed by atoms with Crippen LogP contribution in [-0.4, -0.2) is 25.2 Å². The van der Waals surface area contributed by atoms with E-state index in [0.29, 0.717) is 18.8 Å². The molecule has 3 aromatic carbocycles. The first-order valence-electron chi connectivity index (χ1n) is 10.4. The molecule has 3 aromatic rings. The Morgan fingerprint density at radius 2 is 1.55 bits per heavy atom. The van der Waals surface area contributed by atoms with Gasteiger partial charge in [-0.1, -0.05) is 72.8 Å². The first-order valence-corrected chi connectivity index (χ1v) is 10.4. The van der Waals surface area contributed by atoms with Crippen LogP contribution in [0.2, 0.25) is 0 Å². The molecule has 0 N–H and O–H groups in total. The van der Waals surface area contributed by atoms with Crippen LogP contribution in [0.3, 0.4) is 0 Å². The molecular weight excluding hydrogens is 388 g/mol. The van der Waals surface area contributed by atoms with Crippen LogP contribution < -0.4 is 0 Å². The largest absolute Gasteiger partial charge is 0.466 e. The van der Waals surface area contributed by atoms with Crippen LogP contribution in [0.5, 0.6) is 0 Å². The topological polar surface area (TPSA) is 52.6 Å². The predicted octanol–water partition coefficient (Wildman–Crippen LogP) is 5.81. The maximum Gasteiger partial charge on any atom is 0.338 e. The van der Waals surface area contributed by atoms with E-state index >= 15 is 0 Å². The molecule has 0 saturated heterocycles. The summed E-state index contributed by atoms with van der Waals surface area (Å²) in [4.78, 5) is 24.5. The minimum absolute atomic E-state index is 0.153. The minimum Gasteiger partial charge on any atom is -0.466 e. The lowest BCUT2D eigenvalue weighted by Crippen LogP contribution is -2.09. The molecule has 0 aliphatic carbocycles. The number of rotatable bonds is 8. The van der Waals surface area contributed by atoms with E-state index in [9.17, 15) is 9.59 Å². The van der Waals surface area contributed by atoms with Gasteiger partial charge in [-0.15, -0.1) is 0 Å². The molecule has 0 spiro atoms. The van der Waals surface area contributed by atoms with Crippen molar-refractivity contribution in [2.45, 2.75) is 20.3 Å². The van der Waals surface area contributed by atoms with Gasteiger partial charge in [0.2, 0.25) is 0 Å². The van der Waals surface area contributed by atoms with Crippen LogP contribution in [0.25, 0.3) is 23.3 Å². The molecule has 158 valence electrons. The fourth-order valence-corrected chi connectivity index (χ4v) is 3.39. The molecule has 0 unspecified atom stereocenters.